The molecule has 1 aliphatic heterocycles. The third kappa shape index (κ3) is 9.77. The number of carbonyl (C=O) groups is 3. The third-order valence-corrected chi connectivity index (χ3v) is 10.3. The number of sulfonamides is 1. The number of carbonyl (C=O) groups excluding carboxylic acids is 3. The molecule has 264 valence electrons. The van der Waals surface area contributed by atoms with Crippen LogP contribution in [-0.2, 0) is 19.6 Å². The van der Waals surface area contributed by atoms with Gasteiger partial charge in [-0.3, -0.25) is 14.4 Å². The number of likely N-dealkylation sites (N-methyl/N-ethyl adjacent to an activating group) is 1. The van der Waals surface area contributed by atoms with Gasteiger partial charge < -0.3 is 31.1 Å². The maximum Gasteiger partial charge on any atom is 0.258 e. The summed E-state index contributed by atoms with van der Waals surface area (Å²) in [4.78, 5) is 40.2. The van der Waals surface area contributed by atoms with Crippen LogP contribution < -0.4 is 21.1 Å². The van der Waals surface area contributed by atoms with Crippen LogP contribution in [0.1, 0.15) is 56.3 Å². The van der Waals surface area contributed by atoms with Gasteiger partial charge in [0, 0.05) is 38.0 Å². The Morgan fingerprint density at radius 2 is 1.69 bits per heavy atom. The highest BCUT2D eigenvalue weighted by atomic mass is 32.2. The zero-order valence-corrected chi connectivity index (χ0v) is 28.7. The van der Waals surface area contributed by atoms with Gasteiger partial charge in [-0.1, -0.05) is 25.5 Å². The molecule has 0 fully saturated rings. The molecule has 0 spiro atoms. The highest BCUT2D eigenvalue weighted by molar-refractivity contribution is 7.89. The summed E-state index contributed by atoms with van der Waals surface area (Å²) in [5.74, 6) is -1.52. The second-order valence-electron chi connectivity index (χ2n) is 12.3. The number of ether oxygens (including phenoxy) is 1. The minimum atomic E-state index is -3.98. The molecular weight excluding hydrogens is 653 g/mol. The van der Waals surface area contributed by atoms with Crippen LogP contribution in [-0.4, -0.2) is 79.3 Å². The summed E-state index contributed by atoms with van der Waals surface area (Å²) in [5, 5.41) is 15.5. The molecule has 0 radical (unpaired) electrons. The monoisotopic (exact) mass is 697 g/mol. The van der Waals surface area contributed by atoms with Gasteiger partial charge in [-0.2, -0.15) is 4.31 Å². The van der Waals surface area contributed by atoms with E-state index < -0.39 is 33.9 Å². The predicted octanol–water partition coefficient (Wildman–Crippen LogP) is 4.48. The number of nitrogens with two attached hydrogens (primary N) is 1. The van der Waals surface area contributed by atoms with Crippen molar-refractivity contribution in [2.75, 3.05) is 43.1 Å². The minimum absolute atomic E-state index is 0.0689. The van der Waals surface area contributed by atoms with E-state index in [-0.39, 0.29) is 60.1 Å². The van der Waals surface area contributed by atoms with Gasteiger partial charge in [0.25, 0.3) is 5.91 Å². The van der Waals surface area contributed by atoms with Crippen molar-refractivity contribution in [1.29, 1.82) is 0 Å². The highest BCUT2D eigenvalue weighted by Gasteiger charge is 2.35. The maximum atomic E-state index is 13.8. The maximum absolute atomic E-state index is 13.8. The number of nitrogens with one attached hydrogen (secondary N) is 2. The average Bonchev–Trinajstić information content (AvgIpc) is 3.07. The second-order valence-corrected chi connectivity index (χ2v) is 14.4. The molecule has 4 rings (SSSR count). The van der Waals surface area contributed by atoms with Gasteiger partial charge in [-0.25, -0.2) is 12.8 Å². The van der Waals surface area contributed by atoms with Crippen LogP contribution in [0.25, 0.3) is 0 Å². The van der Waals surface area contributed by atoms with Crippen LogP contribution >= 0.6 is 0 Å². The number of anilines is 3. The topological polar surface area (TPSA) is 171 Å². The summed E-state index contributed by atoms with van der Waals surface area (Å²) >= 11 is 0. The smallest absolute Gasteiger partial charge is 0.258 e. The van der Waals surface area contributed by atoms with E-state index >= 15 is 0 Å². The molecule has 0 unspecified atom stereocenters. The Bertz CT molecular complexity index is 1740. The van der Waals surface area contributed by atoms with E-state index in [1.54, 1.807) is 43.3 Å². The number of para-hydroxylation sites is 2. The fraction of sp³-hybridized carbons (Fsp3) is 0.400. The van der Waals surface area contributed by atoms with Crippen molar-refractivity contribution in [3.05, 3.63) is 78.1 Å². The van der Waals surface area contributed by atoms with E-state index in [1.165, 1.54) is 30.1 Å². The Morgan fingerprint density at radius 3 is 2.35 bits per heavy atom. The molecule has 3 aromatic rings. The lowest BCUT2D eigenvalue weighted by molar-refractivity contribution is -0.116. The van der Waals surface area contributed by atoms with Crippen molar-refractivity contribution < 1.29 is 37.0 Å². The van der Waals surface area contributed by atoms with Gasteiger partial charge in [0.2, 0.25) is 21.8 Å². The SMILES string of the molecule is C[C@@H]1CN([C@H](C)CO)C(=O)c2cc(NC(=O)CCCCCC(=O)Nc3ccccc3N)ccc2O[C@H]1CN(C)S(=O)(=O)c1ccc(F)cc1. The van der Waals surface area contributed by atoms with E-state index in [2.05, 4.69) is 10.6 Å². The van der Waals surface area contributed by atoms with Crippen molar-refractivity contribution in [3.8, 4) is 5.75 Å². The van der Waals surface area contributed by atoms with Crippen molar-refractivity contribution in [1.82, 2.24) is 9.21 Å². The summed E-state index contributed by atoms with van der Waals surface area (Å²) in [6.07, 6.45) is 1.59. The molecule has 0 aromatic heterocycles. The first-order valence-corrected chi connectivity index (χ1v) is 17.6. The molecule has 3 amide bonds. The number of nitrogen functional groups attached to an aromatic ring is 1. The molecule has 3 atom stereocenters. The van der Waals surface area contributed by atoms with Gasteiger partial charge in [0.15, 0.2) is 0 Å². The number of benzene rings is 3. The third-order valence-electron chi connectivity index (χ3n) is 8.45. The van der Waals surface area contributed by atoms with Crippen LogP contribution in [0.15, 0.2) is 71.6 Å². The molecule has 0 saturated heterocycles. The average molecular weight is 698 g/mol. The quantitative estimate of drug-likeness (QED) is 0.141. The van der Waals surface area contributed by atoms with Crippen molar-refractivity contribution in [3.63, 3.8) is 0 Å². The van der Waals surface area contributed by atoms with Gasteiger partial charge in [-0.05, 0) is 74.4 Å². The van der Waals surface area contributed by atoms with E-state index in [0.717, 1.165) is 16.4 Å². The van der Waals surface area contributed by atoms with E-state index in [1.807, 2.05) is 6.92 Å². The van der Waals surface area contributed by atoms with Crippen LogP contribution in [0.4, 0.5) is 21.5 Å². The lowest BCUT2D eigenvalue weighted by Gasteiger charge is -2.38. The number of hydrogen-bond donors (Lipinski definition) is 4. The largest absolute Gasteiger partial charge is 0.488 e. The normalized spacial score (nSPS) is 17.0. The molecule has 0 bridgehead atoms. The molecular formula is C35H44FN5O7S. The number of hydrogen-bond acceptors (Lipinski definition) is 8. The first-order valence-electron chi connectivity index (χ1n) is 16.2. The fourth-order valence-corrected chi connectivity index (χ4v) is 6.63. The molecule has 14 heteroatoms. The number of nitrogens with zero attached hydrogens (tertiary/aromatic N) is 2. The van der Waals surface area contributed by atoms with Gasteiger partial charge in [0.1, 0.15) is 17.7 Å². The molecule has 1 aliphatic rings. The minimum Gasteiger partial charge on any atom is -0.488 e. The van der Waals surface area contributed by atoms with Gasteiger partial charge >= 0.3 is 0 Å². The summed E-state index contributed by atoms with van der Waals surface area (Å²) < 4.78 is 47.4. The molecule has 0 saturated carbocycles. The Morgan fingerprint density at radius 1 is 1.04 bits per heavy atom. The van der Waals surface area contributed by atoms with Crippen LogP contribution in [0.5, 0.6) is 5.75 Å². The number of aliphatic hydroxyl groups is 1. The predicted molar refractivity (Wildman–Crippen MR) is 185 cm³/mol. The Labute approximate surface area is 286 Å². The molecule has 49 heavy (non-hydrogen) atoms. The van der Waals surface area contributed by atoms with Gasteiger partial charge in [-0.15, -0.1) is 0 Å². The fourth-order valence-electron chi connectivity index (χ4n) is 5.45. The number of unbranched alkanes of at least 4 members (excludes halogenated alkanes) is 2. The second kappa shape index (κ2) is 16.7. The zero-order chi connectivity index (χ0) is 35.7. The first-order chi connectivity index (χ1) is 23.3. The molecule has 1 heterocycles. The summed E-state index contributed by atoms with van der Waals surface area (Å²) in [6, 6.07) is 15.7. The zero-order valence-electron chi connectivity index (χ0n) is 27.9. The molecule has 0 aliphatic carbocycles. The highest BCUT2D eigenvalue weighted by Crippen LogP contribution is 2.31. The Balaban J connectivity index is 1.40. The number of fused-ring (bicyclic) bond motifs is 1. The Kier molecular flexibility index (Phi) is 12.7. The Hall–Kier alpha value is -4.53. The van der Waals surface area contributed by atoms with E-state index in [0.29, 0.717) is 42.7 Å². The van der Waals surface area contributed by atoms with Crippen molar-refractivity contribution in [2.24, 2.45) is 5.92 Å². The molecule has 12 nitrogen and oxygen atoms in total. The number of amides is 3. The molecule has 3 aromatic carbocycles. The lowest BCUT2D eigenvalue weighted by atomic mass is 9.99. The van der Waals surface area contributed by atoms with E-state index in [4.69, 9.17) is 10.5 Å². The van der Waals surface area contributed by atoms with Crippen molar-refractivity contribution in [2.45, 2.75) is 63.0 Å². The lowest BCUT2D eigenvalue weighted by Crippen LogP contribution is -2.50. The summed E-state index contributed by atoms with van der Waals surface area (Å²) in [6.45, 7) is 3.34. The molecule has 5 N–H and O–H groups in total. The van der Waals surface area contributed by atoms with Gasteiger partial charge in [0.05, 0.1) is 41.0 Å². The summed E-state index contributed by atoms with van der Waals surface area (Å²) in [5.41, 5.74) is 7.45. The van der Waals surface area contributed by atoms with Crippen molar-refractivity contribution >= 4 is 44.8 Å². The summed E-state index contributed by atoms with van der Waals surface area (Å²) in [7, 11) is -2.57. The van der Waals surface area contributed by atoms with Crippen LogP contribution in [0.3, 0.4) is 0 Å². The van der Waals surface area contributed by atoms with Crippen LogP contribution in [0.2, 0.25) is 0 Å². The first kappa shape index (κ1) is 37.3. The van der Waals surface area contributed by atoms with E-state index in [9.17, 15) is 32.3 Å². The number of rotatable bonds is 14. The number of aliphatic hydroxyl groups excluding tert-OH is 1. The van der Waals surface area contributed by atoms with Crippen LogP contribution in [0, 0.1) is 11.7 Å². The standard InChI is InChI=1S/C35H44FN5O7S/c1-23-20-41(24(2)22-42)35(45)28-19-26(38-33(43)11-5-4-6-12-34(44)39-30-10-8-7-9-29(30)37)15-18-31(28)48-32(23)21-40(3)49(46,47)27-16-13-25(36)14-17-27/h7-10,13-19,23-24,32,42H,4-6,11-12,20-22,37H2,1-3H3,(H,38,43)(H,39,44)/t23-,24-,32+/m1/s1. The number of halogens is 1.